The van der Waals surface area contributed by atoms with Crippen LogP contribution in [0.15, 0.2) is 42.7 Å². The van der Waals surface area contributed by atoms with Crippen molar-refractivity contribution >= 4 is 10.9 Å². The van der Waals surface area contributed by atoms with Gasteiger partial charge in [0.2, 0.25) is 0 Å². The van der Waals surface area contributed by atoms with Gasteiger partial charge in [-0.25, -0.2) is 0 Å². The number of rotatable bonds is 5. The second-order valence-electron chi connectivity index (χ2n) is 8.01. The Bertz CT molecular complexity index is 1020. The first-order valence-corrected chi connectivity index (χ1v) is 10.2. The van der Waals surface area contributed by atoms with Crippen molar-refractivity contribution in [2.45, 2.75) is 37.8 Å². The highest BCUT2D eigenvalue weighted by Gasteiger charge is 2.21. The molecule has 3 aromatic rings. The summed E-state index contributed by atoms with van der Waals surface area (Å²) in [5, 5.41) is 14.9. The first kappa shape index (κ1) is 17.5. The summed E-state index contributed by atoms with van der Waals surface area (Å²) < 4.78 is 2.08. The molecule has 0 amide bonds. The number of aliphatic hydroxyl groups excluding tert-OH is 1. The summed E-state index contributed by atoms with van der Waals surface area (Å²) in [7, 11) is 0. The van der Waals surface area contributed by atoms with E-state index >= 15 is 0 Å². The van der Waals surface area contributed by atoms with Crippen LogP contribution < -0.4 is 5.73 Å². The number of aliphatic hydroxyl groups is 1. The van der Waals surface area contributed by atoms with Gasteiger partial charge in [0.1, 0.15) is 0 Å². The number of H-pyrrole nitrogens is 1. The number of aromatic amines is 1. The fraction of sp³-hybridized carbons (Fsp3) is 0.409. The zero-order valence-corrected chi connectivity index (χ0v) is 16.0. The number of hydrogen-bond donors (Lipinski definition) is 3. The van der Waals surface area contributed by atoms with Crippen molar-refractivity contribution < 1.29 is 5.11 Å². The molecule has 1 aromatic carbocycles. The molecule has 0 saturated carbocycles. The molecule has 5 rings (SSSR count). The summed E-state index contributed by atoms with van der Waals surface area (Å²) in [4.78, 5) is 5.74. The Morgan fingerprint density at radius 3 is 3.07 bits per heavy atom. The highest BCUT2D eigenvalue weighted by atomic mass is 16.3. The Morgan fingerprint density at radius 2 is 2.21 bits per heavy atom. The third kappa shape index (κ3) is 3.12. The maximum absolute atomic E-state index is 9.15. The van der Waals surface area contributed by atoms with Gasteiger partial charge < -0.3 is 20.7 Å². The van der Waals surface area contributed by atoms with Crippen LogP contribution in [-0.4, -0.2) is 44.5 Å². The molecule has 0 radical (unpaired) electrons. The van der Waals surface area contributed by atoms with Gasteiger partial charge in [0.05, 0.1) is 24.9 Å². The van der Waals surface area contributed by atoms with Crippen LogP contribution >= 0.6 is 0 Å². The van der Waals surface area contributed by atoms with E-state index in [9.17, 15) is 0 Å². The standard InChI is InChI=1S/C22H27N5O/c23-20-2-1-3-21-19(20)11-18(25-21)14-27-22-10-15(4-5-16(22)12-24-27)17-6-7-26(13-17)8-9-28/h4-7,10-12,17,20,25,28H,1-3,8-9,13-14,23H2. The number of aryl methyl sites for hydroxylation is 1. The van der Waals surface area contributed by atoms with Crippen LogP contribution in [0.5, 0.6) is 0 Å². The van der Waals surface area contributed by atoms with Gasteiger partial charge in [0.25, 0.3) is 0 Å². The maximum Gasteiger partial charge on any atom is 0.0816 e. The summed E-state index contributed by atoms with van der Waals surface area (Å²) in [6, 6.07) is 8.99. The quantitative estimate of drug-likeness (QED) is 0.638. The Kier molecular flexibility index (Phi) is 4.45. The molecule has 1 aliphatic carbocycles. The van der Waals surface area contributed by atoms with Crippen LogP contribution in [0, 0.1) is 0 Å². The maximum atomic E-state index is 9.15. The second-order valence-corrected chi connectivity index (χ2v) is 8.01. The third-order valence-corrected chi connectivity index (χ3v) is 6.10. The van der Waals surface area contributed by atoms with Gasteiger partial charge in [-0.2, -0.15) is 5.10 Å². The van der Waals surface area contributed by atoms with Crippen molar-refractivity contribution in [2.24, 2.45) is 5.73 Å². The Labute approximate surface area is 164 Å². The largest absolute Gasteiger partial charge is 0.395 e. The second kappa shape index (κ2) is 7.11. The average Bonchev–Trinajstić information content (AvgIpc) is 3.41. The van der Waals surface area contributed by atoms with Crippen LogP contribution in [0.25, 0.3) is 10.9 Å². The lowest BCUT2D eigenvalue weighted by atomic mass is 9.94. The lowest BCUT2D eigenvalue weighted by molar-refractivity contribution is 0.241. The van der Waals surface area contributed by atoms with E-state index in [0.29, 0.717) is 12.5 Å². The van der Waals surface area contributed by atoms with E-state index in [1.54, 1.807) is 0 Å². The summed E-state index contributed by atoms with van der Waals surface area (Å²) in [6.45, 7) is 2.52. The molecule has 2 atom stereocenters. The van der Waals surface area contributed by atoms with Crippen molar-refractivity contribution in [2.75, 3.05) is 19.7 Å². The van der Waals surface area contributed by atoms with Crippen LogP contribution in [0.3, 0.4) is 0 Å². The highest BCUT2D eigenvalue weighted by Crippen LogP contribution is 2.30. The van der Waals surface area contributed by atoms with Gasteiger partial charge in [-0.05, 0) is 48.7 Å². The molecule has 28 heavy (non-hydrogen) atoms. The Balaban J connectivity index is 1.41. The molecular formula is C22H27N5O. The molecule has 2 aliphatic rings. The smallest absolute Gasteiger partial charge is 0.0816 e. The molecule has 4 N–H and O–H groups in total. The zero-order valence-electron chi connectivity index (χ0n) is 16.0. The van der Waals surface area contributed by atoms with Crippen LogP contribution in [0.1, 0.15) is 47.3 Å². The summed E-state index contributed by atoms with van der Waals surface area (Å²) in [5.41, 5.74) is 12.5. The first-order valence-electron chi connectivity index (χ1n) is 10.2. The van der Waals surface area contributed by atoms with E-state index < -0.39 is 0 Å². The molecule has 1 aliphatic heterocycles. The van der Waals surface area contributed by atoms with E-state index in [1.807, 2.05) is 6.20 Å². The Hall–Kier alpha value is -2.57. The van der Waals surface area contributed by atoms with Crippen molar-refractivity contribution in [3.05, 3.63) is 65.3 Å². The van der Waals surface area contributed by atoms with Gasteiger partial charge in [0.15, 0.2) is 0 Å². The molecule has 2 aromatic heterocycles. The molecule has 0 fully saturated rings. The van der Waals surface area contributed by atoms with Crippen LogP contribution in [-0.2, 0) is 13.0 Å². The number of aromatic nitrogens is 3. The number of benzene rings is 1. The minimum Gasteiger partial charge on any atom is -0.395 e. The minimum atomic E-state index is 0.158. The molecule has 0 bridgehead atoms. The zero-order chi connectivity index (χ0) is 19.1. The minimum absolute atomic E-state index is 0.158. The fourth-order valence-corrected chi connectivity index (χ4v) is 4.57. The predicted molar refractivity (Wildman–Crippen MR) is 110 cm³/mol. The lowest BCUT2D eigenvalue weighted by Gasteiger charge is -2.17. The van der Waals surface area contributed by atoms with E-state index in [2.05, 4.69) is 56.2 Å². The van der Waals surface area contributed by atoms with Crippen LogP contribution in [0.2, 0.25) is 0 Å². The van der Waals surface area contributed by atoms with E-state index in [-0.39, 0.29) is 12.6 Å². The number of nitrogens with two attached hydrogens (primary N) is 1. The first-order chi connectivity index (χ1) is 13.7. The van der Waals surface area contributed by atoms with Gasteiger partial charge in [-0.3, -0.25) is 4.68 Å². The highest BCUT2D eigenvalue weighted by molar-refractivity contribution is 5.79. The number of hydrogen-bond acceptors (Lipinski definition) is 4. The average molecular weight is 377 g/mol. The summed E-state index contributed by atoms with van der Waals surface area (Å²) >= 11 is 0. The van der Waals surface area contributed by atoms with E-state index in [1.165, 1.54) is 22.5 Å². The topological polar surface area (TPSA) is 83.1 Å². The molecule has 2 unspecified atom stereocenters. The number of fused-ring (bicyclic) bond motifs is 2. The molecular weight excluding hydrogens is 350 g/mol. The molecule has 0 spiro atoms. The normalized spacial score (nSPS) is 21.6. The molecule has 6 nitrogen and oxygen atoms in total. The number of nitrogens with zero attached hydrogens (tertiary/aromatic N) is 3. The molecule has 6 heteroatoms. The Morgan fingerprint density at radius 1 is 1.29 bits per heavy atom. The lowest BCUT2D eigenvalue weighted by Crippen LogP contribution is -2.21. The monoisotopic (exact) mass is 377 g/mol. The summed E-state index contributed by atoms with van der Waals surface area (Å²) in [5.74, 6) is 0.357. The molecule has 3 heterocycles. The van der Waals surface area contributed by atoms with Crippen molar-refractivity contribution in [3.63, 3.8) is 0 Å². The summed E-state index contributed by atoms with van der Waals surface area (Å²) in [6.07, 6.45) is 9.57. The predicted octanol–water partition coefficient (Wildman–Crippen LogP) is 2.65. The van der Waals surface area contributed by atoms with Crippen LogP contribution in [0.4, 0.5) is 0 Å². The SMILES string of the molecule is NC1CCCc2[nH]c(Cn3ncc4ccc(C5C=CN(CCO)C5)cc43)cc21. The fourth-order valence-electron chi connectivity index (χ4n) is 4.57. The van der Waals surface area contributed by atoms with Crippen molar-refractivity contribution in [3.8, 4) is 0 Å². The van der Waals surface area contributed by atoms with Crippen molar-refractivity contribution in [1.29, 1.82) is 0 Å². The number of β-amino-alcohol motifs (C(OH)–C–C–N with tert-alkyl or cyclic N) is 1. The van der Waals surface area contributed by atoms with Gasteiger partial charge in [-0.15, -0.1) is 0 Å². The van der Waals surface area contributed by atoms with Crippen molar-refractivity contribution in [1.82, 2.24) is 19.7 Å². The molecule has 146 valence electrons. The van der Waals surface area contributed by atoms with E-state index in [0.717, 1.165) is 43.3 Å². The number of nitrogens with one attached hydrogen (secondary N) is 1. The molecule has 0 saturated heterocycles. The van der Waals surface area contributed by atoms with E-state index in [4.69, 9.17) is 10.8 Å². The van der Waals surface area contributed by atoms with Gasteiger partial charge in [0, 0.05) is 41.8 Å². The third-order valence-electron chi connectivity index (χ3n) is 6.10. The van der Waals surface area contributed by atoms with Gasteiger partial charge in [-0.1, -0.05) is 18.2 Å². The van der Waals surface area contributed by atoms with Gasteiger partial charge >= 0.3 is 0 Å².